The Morgan fingerprint density at radius 1 is 1.00 bits per heavy atom. The third-order valence-corrected chi connectivity index (χ3v) is 4.38. The Balaban J connectivity index is 1.98. The fourth-order valence-electron chi connectivity index (χ4n) is 3.15. The maximum absolute atomic E-state index is 13.2. The molecule has 2 aromatic heterocycles. The highest BCUT2D eigenvalue weighted by molar-refractivity contribution is 5.94. The Kier molecular flexibility index (Phi) is 3.92. The van der Waals surface area contributed by atoms with Crippen LogP contribution in [0.4, 0.5) is 5.69 Å². The molecule has 0 bridgehead atoms. The number of pyridine rings is 1. The summed E-state index contributed by atoms with van der Waals surface area (Å²) in [5, 5.41) is 9.77. The van der Waals surface area contributed by atoms with E-state index < -0.39 is 0 Å². The molecule has 5 heteroatoms. The SMILES string of the molecule is CC(C)Nc1ccc2ccc3ncc(-c4cnn(C)c4)cc3c(=O)c2c1. The van der Waals surface area contributed by atoms with E-state index in [1.54, 1.807) is 17.1 Å². The molecule has 0 atom stereocenters. The molecule has 130 valence electrons. The van der Waals surface area contributed by atoms with Gasteiger partial charge in [-0.1, -0.05) is 12.1 Å². The average Bonchev–Trinajstić information content (AvgIpc) is 3.00. The minimum Gasteiger partial charge on any atom is -0.383 e. The highest BCUT2D eigenvalue weighted by Gasteiger charge is 2.08. The van der Waals surface area contributed by atoms with Crippen molar-refractivity contribution in [2.24, 2.45) is 7.05 Å². The van der Waals surface area contributed by atoms with E-state index in [9.17, 15) is 4.79 Å². The maximum atomic E-state index is 13.2. The van der Waals surface area contributed by atoms with Crippen LogP contribution in [0.1, 0.15) is 13.8 Å². The number of aryl methyl sites for hydroxylation is 1. The Hall–Kier alpha value is -3.21. The average molecular weight is 344 g/mol. The molecule has 0 aliphatic heterocycles. The highest BCUT2D eigenvalue weighted by Crippen LogP contribution is 2.23. The molecule has 0 amide bonds. The van der Waals surface area contributed by atoms with E-state index in [4.69, 9.17) is 0 Å². The molecule has 4 rings (SSSR count). The van der Waals surface area contributed by atoms with E-state index in [0.717, 1.165) is 22.2 Å². The first-order chi connectivity index (χ1) is 12.5. The molecule has 2 aromatic carbocycles. The number of rotatable bonds is 3. The normalized spacial score (nSPS) is 11.4. The van der Waals surface area contributed by atoms with E-state index in [-0.39, 0.29) is 5.43 Å². The lowest BCUT2D eigenvalue weighted by Gasteiger charge is -2.09. The van der Waals surface area contributed by atoms with E-state index in [1.165, 1.54) is 0 Å². The zero-order valence-corrected chi connectivity index (χ0v) is 15.0. The van der Waals surface area contributed by atoms with Gasteiger partial charge < -0.3 is 5.32 Å². The van der Waals surface area contributed by atoms with Crippen molar-refractivity contribution < 1.29 is 0 Å². The van der Waals surface area contributed by atoms with Crippen molar-refractivity contribution in [2.45, 2.75) is 19.9 Å². The van der Waals surface area contributed by atoms with E-state index in [1.807, 2.05) is 49.6 Å². The standard InChI is InChI=1S/C21H20N4O/c1-13(2)24-17-6-4-14-5-7-20-19(21(26)18(14)9-17)8-15(10-22-20)16-11-23-25(3)12-16/h4-13,24H,1-3H3. The molecule has 0 unspecified atom stereocenters. The monoisotopic (exact) mass is 344 g/mol. The molecule has 0 spiro atoms. The highest BCUT2D eigenvalue weighted by atomic mass is 16.1. The lowest BCUT2D eigenvalue weighted by molar-refractivity contribution is 0.768. The predicted octanol–water partition coefficient (Wildman–Crippen LogP) is 3.97. The molecule has 2 heterocycles. The lowest BCUT2D eigenvalue weighted by atomic mass is 10.1. The van der Waals surface area contributed by atoms with Crippen molar-refractivity contribution in [2.75, 3.05) is 5.32 Å². The van der Waals surface area contributed by atoms with Crippen molar-refractivity contribution >= 4 is 27.4 Å². The van der Waals surface area contributed by atoms with Crippen LogP contribution in [0, 0.1) is 0 Å². The first-order valence-corrected chi connectivity index (χ1v) is 8.64. The Bertz CT molecular complexity index is 1180. The Morgan fingerprint density at radius 3 is 2.54 bits per heavy atom. The zero-order chi connectivity index (χ0) is 18.3. The quantitative estimate of drug-likeness (QED) is 0.611. The number of hydrogen-bond acceptors (Lipinski definition) is 4. The maximum Gasteiger partial charge on any atom is 0.195 e. The molecule has 0 aliphatic rings. The summed E-state index contributed by atoms with van der Waals surface area (Å²) in [6.45, 7) is 4.15. The van der Waals surface area contributed by atoms with Crippen LogP contribution in [0.15, 0.2) is 59.8 Å². The van der Waals surface area contributed by atoms with E-state index in [0.29, 0.717) is 22.3 Å². The van der Waals surface area contributed by atoms with Gasteiger partial charge >= 0.3 is 0 Å². The molecule has 1 N–H and O–H groups in total. The summed E-state index contributed by atoms with van der Waals surface area (Å²) in [6, 6.07) is 12.0. The summed E-state index contributed by atoms with van der Waals surface area (Å²) in [5.74, 6) is 0. The number of aromatic nitrogens is 3. The van der Waals surface area contributed by atoms with Crippen LogP contribution in [0.3, 0.4) is 0 Å². The van der Waals surface area contributed by atoms with Crippen molar-refractivity contribution in [1.82, 2.24) is 14.8 Å². The molecule has 0 saturated carbocycles. The lowest BCUT2D eigenvalue weighted by Crippen LogP contribution is -2.10. The van der Waals surface area contributed by atoms with Gasteiger partial charge in [-0.15, -0.1) is 0 Å². The summed E-state index contributed by atoms with van der Waals surface area (Å²) in [6.07, 6.45) is 5.48. The zero-order valence-electron chi connectivity index (χ0n) is 15.0. The molecule has 5 nitrogen and oxygen atoms in total. The van der Waals surface area contributed by atoms with Crippen molar-refractivity contribution in [3.8, 4) is 11.1 Å². The second kappa shape index (κ2) is 6.26. The molecule has 26 heavy (non-hydrogen) atoms. The molecule has 0 radical (unpaired) electrons. The number of nitrogens with zero attached hydrogens (tertiary/aromatic N) is 3. The molecule has 4 aromatic rings. The molecule has 0 aliphatic carbocycles. The van der Waals surface area contributed by atoms with Crippen LogP contribution in [-0.2, 0) is 7.05 Å². The molecule has 0 fully saturated rings. The third kappa shape index (κ3) is 2.92. The summed E-state index contributed by atoms with van der Waals surface area (Å²) in [5.41, 5.74) is 3.46. The topological polar surface area (TPSA) is 59.8 Å². The minimum atomic E-state index is -0.00866. The predicted molar refractivity (Wildman–Crippen MR) is 106 cm³/mol. The molecule has 0 saturated heterocycles. The van der Waals surface area contributed by atoms with Gasteiger partial charge in [-0.25, -0.2) is 0 Å². The number of benzene rings is 1. The van der Waals surface area contributed by atoms with Crippen LogP contribution < -0.4 is 10.7 Å². The van der Waals surface area contributed by atoms with E-state index >= 15 is 0 Å². The van der Waals surface area contributed by atoms with Crippen LogP contribution >= 0.6 is 0 Å². The second-order valence-corrected chi connectivity index (χ2v) is 6.82. The summed E-state index contributed by atoms with van der Waals surface area (Å²) >= 11 is 0. The fourth-order valence-corrected chi connectivity index (χ4v) is 3.15. The van der Waals surface area contributed by atoms with E-state index in [2.05, 4.69) is 29.2 Å². The Morgan fingerprint density at radius 2 is 1.81 bits per heavy atom. The van der Waals surface area contributed by atoms with Crippen LogP contribution in [0.2, 0.25) is 0 Å². The van der Waals surface area contributed by atoms with Gasteiger partial charge in [0.25, 0.3) is 0 Å². The number of fused-ring (bicyclic) bond motifs is 2. The number of anilines is 1. The summed E-state index contributed by atoms with van der Waals surface area (Å²) in [4.78, 5) is 17.7. The fraction of sp³-hybridized carbons (Fsp3) is 0.190. The van der Waals surface area contributed by atoms with Crippen LogP contribution in [0.25, 0.3) is 32.8 Å². The summed E-state index contributed by atoms with van der Waals surface area (Å²) < 4.78 is 1.74. The van der Waals surface area contributed by atoms with Gasteiger partial charge in [-0.3, -0.25) is 14.5 Å². The van der Waals surface area contributed by atoms with Crippen LogP contribution in [-0.4, -0.2) is 20.8 Å². The first-order valence-electron chi connectivity index (χ1n) is 8.64. The molecular formula is C21H20N4O. The third-order valence-electron chi connectivity index (χ3n) is 4.38. The molecular weight excluding hydrogens is 324 g/mol. The van der Waals surface area contributed by atoms with Gasteiger partial charge in [0.1, 0.15) is 0 Å². The van der Waals surface area contributed by atoms with Crippen LogP contribution in [0.5, 0.6) is 0 Å². The van der Waals surface area contributed by atoms with Crippen molar-refractivity contribution in [1.29, 1.82) is 0 Å². The van der Waals surface area contributed by atoms with Gasteiger partial charge in [0, 0.05) is 53.1 Å². The summed E-state index contributed by atoms with van der Waals surface area (Å²) in [7, 11) is 1.87. The van der Waals surface area contributed by atoms with Gasteiger partial charge in [0.15, 0.2) is 5.43 Å². The number of hydrogen-bond donors (Lipinski definition) is 1. The van der Waals surface area contributed by atoms with Gasteiger partial charge in [0.05, 0.1) is 11.7 Å². The van der Waals surface area contributed by atoms with Gasteiger partial charge in [0.2, 0.25) is 0 Å². The van der Waals surface area contributed by atoms with Gasteiger partial charge in [-0.05, 0) is 43.5 Å². The largest absolute Gasteiger partial charge is 0.383 e. The Labute approximate surface area is 151 Å². The second-order valence-electron chi connectivity index (χ2n) is 6.82. The number of nitrogens with one attached hydrogen (secondary N) is 1. The minimum absolute atomic E-state index is 0.00866. The van der Waals surface area contributed by atoms with Crippen molar-refractivity contribution in [3.05, 3.63) is 65.2 Å². The van der Waals surface area contributed by atoms with Crippen molar-refractivity contribution in [3.63, 3.8) is 0 Å². The smallest absolute Gasteiger partial charge is 0.195 e. The first kappa shape index (κ1) is 16.3. The van der Waals surface area contributed by atoms with Gasteiger partial charge in [-0.2, -0.15) is 5.10 Å².